The van der Waals surface area contributed by atoms with Crippen LogP contribution in [0.4, 0.5) is 0 Å². The highest BCUT2D eigenvalue weighted by Crippen LogP contribution is 2.20. The van der Waals surface area contributed by atoms with Gasteiger partial charge in [-0.25, -0.2) is 0 Å². The average Bonchev–Trinajstić information content (AvgIpc) is 2.56. The van der Waals surface area contributed by atoms with Crippen molar-refractivity contribution in [2.75, 3.05) is 0 Å². The van der Waals surface area contributed by atoms with Gasteiger partial charge in [-0.3, -0.25) is 4.79 Å². The molecule has 22 heavy (non-hydrogen) atoms. The summed E-state index contributed by atoms with van der Waals surface area (Å²) >= 11 is 0. The largest absolute Gasteiger partial charge is 0.481 e. The van der Waals surface area contributed by atoms with Gasteiger partial charge in [0.05, 0.1) is 6.04 Å². The Hall–Kier alpha value is -2.29. The molecule has 1 N–H and O–H groups in total. The Kier molecular flexibility index (Phi) is 5.59. The Balaban J connectivity index is 1.97. The number of rotatable bonds is 6. The fourth-order valence-corrected chi connectivity index (χ4v) is 2.31. The summed E-state index contributed by atoms with van der Waals surface area (Å²) in [4.78, 5) is 12.3. The molecule has 0 saturated heterocycles. The van der Waals surface area contributed by atoms with Crippen molar-refractivity contribution >= 4 is 5.91 Å². The monoisotopic (exact) mass is 297 g/mol. The first kappa shape index (κ1) is 16.1. The molecule has 0 aliphatic rings. The Labute approximate surface area is 132 Å². The van der Waals surface area contributed by atoms with Crippen LogP contribution < -0.4 is 10.1 Å². The molecule has 2 aromatic carbocycles. The van der Waals surface area contributed by atoms with Gasteiger partial charge >= 0.3 is 0 Å². The van der Waals surface area contributed by atoms with Crippen LogP contribution in [0, 0.1) is 0 Å². The summed E-state index contributed by atoms with van der Waals surface area (Å²) in [6.45, 7) is 5.82. The van der Waals surface area contributed by atoms with Crippen molar-refractivity contribution in [3.05, 3.63) is 65.7 Å². The number of carbonyl (C=O) groups excluding carboxylic acids is 1. The zero-order valence-electron chi connectivity index (χ0n) is 13.4. The highest BCUT2D eigenvalue weighted by molar-refractivity contribution is 5.81. The van der Waals surface area contributed by atoms with Gasteiger partial charge in [0.25, 0.3) is 5.91 Å². The minimum atomic E-state index is -0.529. The molecule has 1 amide bonds. The fraction of sp³-hybridized carbons (Fsp3) is 0.316. The number of para-hydroxylation sites is 1. The number of carbonyl (C=O) groups is 1. The number of aryl methyl sites for hydroxylation is 1. The maximum Gasteiger partial charge on any atom is 0.261 e. The molecular formula is C19H23NO2. The first-order chi connectivity index (χ1) is 10.6. The molecule has 2 rings (SSSR count). The molecule has 0 spiro atoms. The van der Waals surface area contributed by atoms with Crippen molar-refractivity contribution in [1.82, 2.24) is 5.32 Å². The molecule has 3 nitrogen and oxygen atoms in total. The third kappa shape index (κ3) is 4.10. The van der Waals surface area contributed by atoms with E-state index in [0.29, 0.717) is 0 Å². The Morgan fingerprint density at radius 1 is 1.05 bits per heavy atom. The molecule has 0 radical (unpaired) electrons. The highest BCUT2D eigenvalue weighted by Gasteiger charge is 2.18. The lowest BCUT2D eigenvalue weighted by Crippen LogP contribution is -2.37. The molecule has 2 aromatic rings. The zero-order chi connectivity index (χ0) is 15.9. The van der Waals surface area contributed by atoms with Gasteiger partial charge in [0.2, 0.25) is 0 Å². The highest BCUT2D eigenvalue weighted by atomic mass is 16.5. The van der Waals surface area contributed by atoms with E-state index in [9.17, 15) is 4.79 Å². The van der Waals surface area contributed by atoms with Gasteiger partial charge in [-0.1, -0.05) is 55.5 Å². The molecule has 0 saturated carbocycles. The lowest BCUT2D eigenvalue weighted by atomic mass is 10.1. The normalized spacial score (nSPS) is 13.2. The van der Waals surface area contributed by atoms with Crippen LogP contribution in [0.15, 0.2) is 54.6 Å². The number of nitrogens with one attached hydrogen (secondary N) is 1. The quantitative estimate of drug-likeness (QED) is 0.878. The fourth-order valence-electron chi connectivity index (χ4n) is 2.31. The maximum absolute atomic E-state index is 12.3. The second-order valence-corrected chi connectivity index (χ2v) is 5.36. The van der Waals surface area contributed by atoms with E-state index in [2.05, 4.69) is 12.2 Å². The lowest BCUT2D eigenvalue weighted by Gasteiger charge is -2.20. The van der Waals surface area contributed by atoms with Crippen LogP contribution in [0.3, 0.4) is 0 Å². The third-order valence-electron chi connectivity index (χ3n) is 3.68. The molecule has 0 bridgehead atoms. The van der Waals surface area contributed by atoms with Crippen LogP contribution >= 0.6 is 0 Å². The standard InChI is InChI=1S/C19H23NO2/c1-4-16-10-8-9-13-18(16)22-15(3)19(21)20-14(2)17-11-6-5-7-12-17/h5-15H,4H2,1-3H3,(H,20,21)/t14-,15-/m0/s1. The SMILES string of the molecule is CCc1ccccc1O[C@@H](C)C(=O)N[C@@H](C)c1ccccc1. The van der Waals surface area contributed by atoms with E-state index >= 15 is 0 Å². The van der Waals surface area contributed by atoms with E-state index in [-0.39, 0.29) is 11.9 Å². The molecular weight excluding hydrogens is 274 g/mol. The van der Waals surface area contributed by atoms with Gasteiger partial charge in [-0.2, -0.15) is 0 Å². The summed E-state index contributed by atoms with van der Waals surface area (Å²) in [6, 6.07) is 17.7. The van der Waals surface area contributed by atoms with E-state index < -0.39 is 6.10 Å². The van der Waals surface area contributed by atoms with Crippen LogP contribution in [0.25, 0.3) is 0 Å². The van der Waals surface area contributed by atoms with Gasteiger partial charge in [-0.05, 0) is 37.5 Å². The molecule has 0 aliphatic heterocycles. The topological polar surface area (TPSA) is 38.3 Å². The third-order valence-corrected chi connectivity index (χ3v) is 3.68. The molecule has 0 heterocycles. The summed E-state index contributed by atoms with van der Waals surface area (Å²) in [5.41, 5.74) is 2.19. The Bertz CT molecular complexity index is 610. The van der Waals surface area contributed by atoms with Crippen LogP contribution in [0.5, 0.6) is 5.75 Å². The van der Waals surface area contributed by atoms with Crippen LogP contribution in [-0.2, 0) is 11.2 Å². The second kappa shape index (κ2) is 7.64. The van der Waals surface area contributed by atoms with Crippen LogP contribution in [-0.4, -0.2) is 12.0 Å². The summed E-state index contributed by atoms with van der Waals surface area (Å²) < 4.78 is 5.82. The van der Waals surface area contributed by atoms with Crippen molar-refractivity contribution in [3.8, 4) is 5.75 Å². The average molecular weight is 297 g/mol. The predicted octanol–water partition coefficient (Wildman–Crippen LogP) is 3.89. The lowest BCUT2D eigenvalue weighted by molar-refractivity contribution is -0.127. The van der Waals surface area contributed by atoms with Gasteiger partial charge < -0.3 is 10.1 Å². The number of ether oxygens (including phenoxy) is 1. The molecule has 0 aromatic heterocycles. The molecule has 3 heteroatoms. The van der Waals surface area contributed by atoms with E-state index in [1.165, 1.54) is 0 Å². The first-order valence-electron chi connectivity index (χ1n) is 7.71. The maximum atomic E-state index is 12.3. The number of benzene rings is 2. The van der Waals surface area contributed by atoms with E-state index in [0.717, 1.165) is 23.3 Å². The second-order valence-electron chi connectivity index (χ2n) is 5.36. The van der Waals surface area contributed by atoms with Crippen molar-refractivity contribution in [3.63, 3.8) is 0 Å². The van der Waals surface area contributed by atoms with E-state index in [4.69, 9.17) is 4.74 Å². The van der Waals surface area contributed by atoms with Crippen LogP contribution in [0.1, 0.15) is 37.9 Å². The Morgan fingerprint density at radius 3 is 2.36 bits per heavy atom. The molecule has 0 unspecified atom stereocenters. The number of hydrogen-bond donors (Lipinski definition) is 1. The molecule has 0 fully saturated rings. The minimum Gasteiger partial charge on any atom is -0.481 e. The Morgan fingerprint density at radius 2 is 1.68 bits per heavy atom. The van der Waals surface area contributed by atoms with Crippen LogP contribution in [0.2, 0.25) is 0 Å². The van der Waals surface area contributed by atoms with Crippen molar-refractivity contribution in [1.29, 1.82) is 0 Å². The van der Waals surface area contributed by atoms with Crippen molar-refractivity contribution in [2.24, 2.45) is 0 Å². The van der Waals surface area contributed by atoms with Gasteiger partial charge in [0, 0.05) is 0 Å². The van der Waals surface area contributed by atoms with Gasteiger partial charge in [0.1, 0.15) is 5.75 Å². The zero-order valence-corrected chi connectivity index (χ0v) is 13.4. The van der Waals surface area contributed by atoms with Crippen molar-refractivity contribution in [2.45, 2.75) is 39.3 Å². The smallest absolute Gasteiger partial charge is 0.261 e. The summed E-state index contributed by atoms with van der Waals surface area (Å²) in [7, 11) is 0. The molecule has 2 atom stereocenters. The minimum absolute atomic E-state index is 0.0406. The van der Waals surface area contributed by atoms with Gasteiger partial charge in [0.15, 0.2) is 6.10 Å². The summed E-state index contributed by atoms with van der Waals surface area (Å²) in [5, 5.41) is 2.99. The van der Waals surface area contributed by atoms with E-state index in [1.54, 1.807) is 6.92 Å². The first-order valence-corrected chi connectivity index (χ1v) is 7.71. The summed E-state index contributed by atoms with van der Waals surface area (Å²) in [5.74, 6) is 0.669. The number of hydrogen-bond acceptors (Lipinski definition) is 2. The molecule has 0 aliphatic carbocycles. The summed E-state index contributed by atoms with van der Waals surface area (Å²) in [6.07, 6.45) is 0.351. The van der Waals surface area contributed by atoms with Gasteiger partial charge in [-0.15, -0.1) is 0 Å². The van der Waals surface area contributed by atoms with Crippen molar-refractivity contribution < 1.29 is 9.53 Å². The van der Waals surface area contributed by atoms with E-state index in [1.807, 2.05) is 61.5 Å². The number of amides is 1. The predicted molar refractivity (Wildman–Crippen MR) is 88.9 cm³/mol. The molecule has 116 valence electrons.